The molecular weight excluding hydrogens is 391 g/mol. The van der Waals surface area contributed by atoms with E-state index in [1.54, 1.807) is 24.4 Å². The lowest BCUT2D eigenvalue weighted by Gasteiger charge is -2.32. The van der Waals surface area contributed by atoms with E-state index in [0.717, 1.165) is 36.3 Å². The van der Waals surface area contributed by atoms with Gasteiger partial charge in [-0.2, -0.15) is 13.2 Å². The van der Waals surface area contributed by atoms with E-state index >= 15 is 0 Å². The number of halogens is 3. The van der Waals surface area contributed by atoms with Crippen molar-refractivity contribution in [2.75, 3.05) is 27.2 Å². The maximum absolute atomic E-state index is 12.9. The molecule has 0 spiro atoms. The highest BCUT2D eigenvalue weighted by Crippen LogP contribution is 2.33. The van der Waals surface area contributed by atoms with E-state index in [1.165, 1.54) is 17.0 Å². The summed E-state index contributed by atoms with van der Waals surface area (Å²) in [6, 6.07) is 4.89. The van der Waals surface area contributed by atoms with E-state index in [-0.39, 0.29) is 23.4 Å². The minimum atomic E-state index is -4.44. The van der Waals surface area contributed by atoms with Crippen LogP contribution in [0.3, 0.4) is 0 Å². The van der Waals surface area contributed by atoms with Gasteiger partial charge in [0.1, 0.15) is 10.7 Å². The molecule has 2 amide bonds. The molecule has 1 aromatic carbocycles. The van der Waals surface area contributed by atoms with Gasteiger partial charge in [0.15, 0.2) is 0 Å². The number of piperidine rings is 1. The van der Waals surface area contributed by atoms with Gasteiger partial charge in [0, 0.05) is 38.1 Å². The zero-order valence-electron chi connectivity index (χ0n) is 15.5. The molecule has 1 saturated heterocycles. The van der Waals surface area contributed by atoms with Crippen molar-refractivity contribution < 1.29 is 22.8 Å². The molecule has 0 saturated carbocycles. The third-order valence-electron chi connectivity index (χ3n) is 4.66. The van der Waals surface area contributed by atoms with Gasteiger partial charge in [-0.05, 0) is 25.0 Å². The number of carbonyl (C=O) groups excluding carboxylic acids is 2. The van der Waals surface area contributed by atoms with Crippen molar-refractivity contribution in [1.29, 1.82) is 0 Å². The molecule has 1 atom stereocenters. The largest absolute Gasteiger partial charge is 0.416 e. The lowest BCUT2D eigenvalue weighted by Crippen LogP contribution is -2.45. The van der Waals surface area contributed by atoms with Crippen molar-refractivity contribution in [3.05, 3.63) is 40.9 Å². The molecule has 0 N–H and O–H groups in total. The Hall–Kier alpha value is -2.42. The Morgan fingerprint density at radius 3 is 2.71 bits per heavy atom. The summed E-state index contributed by atoms with van der Waals surface area (Å²) in [5.41, 5.74) is -0.248. The van der Waals surface area contributed by atoms with E-state index in [9.17, 15) is 22.8 Å². The third-order valence-corrected chi connectivity index (χ3v) is 5.55. The summed E-state index contributed by atoms with van der Waals surface area (Å²) in [4.78, 5) is 32.3. The average Bonchev–Trinajstić information content (AvgIpc) is 3.16. The van der Waals surface area contributed by atoms with Gasteiger partial charge in [0.2, 0.25) is 5.91 Å². The van der Waals surface area contributed by atoms with Crippen molar-refractivity contribution in [1.82, 2.24) is 14.8 Å². The highest BCUT2D eigenvalue weighted by atomic mass is 32.1. The molecule has 150 valence electrons. The lowest BCUT2D eigenvalue weighted by molar-refractivity contribution is -0.137. The Labute approximate surface area is 164 Å². The zero-order chi connectivity index (χ0) is 20.5. The molecule has 0 radical (unpaired) electrons. The number of thiazole rings is 1. The number of hydrogen-bond donors (Lipinski definition) is 0. The predicted octanol–water partition coefficient (Wildman–Crippen LogP) is 3.77. The van der Waals surface area contributed by atoms with Crippen LogP contribution >= 0.6 is 11.3 Å². The van der Waals surface area contributed by atoms with Crippen LogP contribution < -0.4 is 0 Å². The second kappa shape index (κ2) is 7.90. The molecule has 9 heteroatoms. The molecule has 1 aliphatic heterocycles. The minimum Gasteiger partial charge on any atom is -0.349 e. The van der Waals surface area contributed by atoms with Crippen LogP contribution in [0.5, 0.6) is 0 Å². The second-order valence-electron chi connectivity index (χ2n) is 6.94. The van der Waals surface area contributed by atoms with Crippen LogP contribution in [-0.4, -0.2) is 53.8 Å². The molecule has 1 aromatic heterocycles. The highest BCUT2D eigenvalue weighted by Gasteiger charge is 2.32. The Bertz CT molecular complexity index is 879. The van der Waals surface area contributed by atoms with Crippen LogP contribution in [0, 0.1) is 5.92 Å². The molecule has 3 rings (SSSR count). The van der Waals surface area contributed by atoms with Crippen LogP contribution in [0.1, 0.15) is 28.9 Å². The third kappa shape index (κ3) is 4.35. The number of hydrogen-bond acceptors (Lipinski definition) is 4. The Morgan fingerprint density at radius 1 is 1.29 bits per heavy atom. The fraction of sp³-hybridized carbons (Fsp3) is 0.421. The van der Waals surface area contributed by atoms with Crippen LogP contribution in [0.4, 0.5) is 13.2 Å². The molecule has 0 aliphatic carbocycles. The van der Waals surface area contributed by atoms with E-state index in [2.05, 4.69) is 4.98 Å². The fourth-order valence-corrected chi connectivity index (χ4v) is 4.01. The molecule has 28 heavy (non-hydrogen) atoms. The van der Waals surface area contributed by atoms with Gasteiger partial charge in [-0.1, -0.05) is 12.1 Å². The number of rotatable bonds is 3. The Balaban J connectivity index is 1.77. The normalized spacial score (nSPS) is 17.5. The minimum absolute atomic E-state index is 0.0135. The van der Waals surface area contributed by atoms with Gasteiger partial charge in [0.05, 0.1) is 11.5 Å². The van der Waals surface area contributed by atoms with E-state index in [1.807, 2.05) is 0 Å². The second-order valence-corrected chi connectivity index (χ2v) is 7.80. The van der Waals surface area contributed by atoms with E-state index < -0.39 is 11.7 Å². The summed E-state index contributed by atoms with van der Waals surface area (Å²) in [5.74, 6) is -0.555. The summed E-state index contributed by atoms with van der Waals surface area (Å²) in [6.45, 7) is 0.860. The number of carbonyl (C=O) groups is 2. The van der Waals surface area contributed by atoms with Crippen molar-refractivity contribution in [3.63, 3.8) is 0 Å². The molecule has 1 fully saturated rings. The summed E-state index contributed by atoms with van der Waals surface area (Å²) in [7, 11) is 3.37. The summed E-state index contributed by atoms with van der Waals surface area (Å²) in [6.07, 6.45) is -2.98. The van der Waals surface area contributed by atoms with Gasteiger partial charge in [0.25, 0.3) is 5.91 Å². The smallest absolute Gasteiger partial charge is 0.349 e. The number of alkyl halides is 3. The Morgan fingerprint density at radius 2 is 2.04 bits per heavy atom. The highest BCUT2D eigenvalue weighted by molar-refractivity contribution is 7.13. The van der Waals surface area contributed by atoms with Gasteiger partial charge in [-0.25, -0.2) is 4.98 Å². The van der Waals surface area contributed by atoms with Crippen LogP contribution in [0.2, 0.25) is 0 Å². The lowest BCUT2D eigenvalue weighted by atomic mass is 9.96. The van der Waals surface area contributed by atoms with Crippen LogP contribution in [0.25, 0.3) is 10.6 Å². The fourth-order valence-electron chi connectivity index (χ4n) is 3.22. The molecule has 1 aliphatic rings. The quantitative estimate of drug-likeness (QED) is 0.773. The van der Waals surface area contributed by atoms with Gasteiger partial charge in [-0.3, -0.25) is 9.59 Å². The SMILES string of the molecule is CN(C)C(=O)C1CCCN(C(=O)c2csc(-c3cccc(C(F)(F)F)c3)n2)C1. The van der Waals surface area contributed by atoms with Crippen molar-refractivity contribution in [3.8, 4) is 10.6 Å². The van der Waals surface area contributed by atoms with E-state index in [4.69, 9.17) is 0 Å². The topological polar surface area (TPSA) is 53.5 Å². The number of likely N-dealkylation sites (tertiary alicyclic amines) is 1. The van der Waals surface area contributed by atoms with Crippen molar-refractivity contribution in [2.45, 2.75) is 19.0 Å². The summed E-state index contributed by atoms with van der Waals surface area (Å²) < 4.78 is 38.7. The summed E-state index contributed by atoms with van der Waals surface area (Å²) >= 11 is 1.13. The maximum Gasteiger partial charge on any atom is 0.416 e. The van der Waals surface area contributed by atoms with Gasteiger partial charge in [-0.15, -0.1) is 11.3 Å². The molecule has 2 aromatic rings. The number of amides is 2. The van der Waals surface area contributed by atoms with Gasteiger partial charge >= 0.3 is 6.18 Å². The number of nitrogens with zero attached hydrogens (tertiary/aromatic N) is 3. The Kier molecular flexibility index (Phi) is 5.74. The van der Waals surface area contributed by atoms with Crippen LogP contribution in [0.15, 0.2) is 29.6 Å². The van der Waals surface area contributed by atoms with Crippen LogP contribution in [-0.2, 0) is 11.0 Å². The first-order valence-electron chi connectivity index (χ1n) is 8.80. The zero-order valence-corrected chi connectivity index (χ0v) is 16.3. The molecule has 0 bridgehead atoms. The molecule has 1 unspecified atom stereocenters. The number of aromatic nitrogens is 1. The molecule has 2 heterocycles. The first-order valence-corrected chi connectivity index (χ1v) is 9.68. The van der Waals surface area contributed by atoms with Gasteiger partial charge < -0.3 is 9.80 Å². The predicted molar refractivity (Wildman–Crippen MR) is 99.9 cm³/mol. The number of benzene rings is 1. The standard InChI is InChI=1S/C19H20F3N3O2S/c1-24(2)17(26)13-6-4-8-25(10-13)18(27)15-11-28-16(23-15)12-5-3-7-14(9-12)19(20,21)22/h3,5,7,9,11,13H,4,6,8,10H2,1-2H3. The van der Waals surface area contributed by atoms with E-state index in [0.29, 0.717) is 23.7 Å². The van der Waals surface area contributed by atoms with Crippen molar-refractivity contribution >= 4 is 23.2 Å². The van der Waals surface area contributed by atoms with Crippen molar-refractivity contribution in [2.24, 2.45) is 5.92 Å². The first kappa shape index (κ1) is 20.3. The molecule has 5 nitrogen and oxygen atoms in total. The monoisotopic (exact) mass is 411 g/mol. The molecular formula is C19H20F3N3O2S. The maximum atomic E-state index is 12.9. The average molecular weight is 411 g/mol. The first-order chi connectivity index (χ1) is 13.2. The summed E-state index contributed by atoms with van der Waals surface area (Å²) in [5, 5.41) is 1.90.